The van der Waals surface area contributed by atoms with Crippen molar-refractivity contribution in [2.75, 3.05) is 0 Å². The average molecular weight is 1210 g/mol. The minimum absolute atomic E-state index is 0.319. The Hall–Kier alpha value is -8.15. The molecule has 13 rings (SSSR count). The van der Waals surface area contributed by atoms with Gasteiger partial charge in [0.1, 0.15) is 35.2 Å². The minimum atomic E-state index is -2.20. The maximum Gasteiger partial charge on any atom is 0.212 e. The molecule has 0 amide bonds. The predicted molar refractivity (Wildman–Crippen MR) is 381 cm³/mol. The van der Waals surface area contributed by atoms with Crippen LogP contribution in [0.15, 0.2) is 188 Å². The molecule has 91 heavy (non-hydrogen) atoms. The van der Waals surface area contributed by atoms with E-state index in [2.05, 4.69) is 280 Å². The van der Waals surface area contributed by atoms with E-state index in [4.69, 9.17) is 6.85 Å². The summed E-state index contributed by atoms with van der Waals surface area (Å²) in [7, 11) is 10.4. The van der Waals surface area contributed by atoms with Crippen molar-refractivity contribution in [2.24, 2.45) is 35.2 Å². The Bertz CT molecular complexity index is 4350. The van der Waals surface area contributed by atoms with Crippen LogP contribution in [-0.4, -0.2) is 0 Å². The van der Waals surface area contributed by atoms with Crippen LogP contribution in [0.5, 0.6) is 0 Å². The van der Waals surface area contributed by atoms with E-state index in [9.17, 15) is 0 Å². The van der Waals surface area contributed by atoms with Gasteiger partial charge in [0.25, 0.3) is 0 Å². The topological polar surface area (TPSA) is 19.4 Å². The van der Waals surface area contributed by atoms with Gasteiger partial charge in [-0.05, 0) is 205 Å². The summed E-state index contributed by atoms with van der Waals surface area (Å²) in [5.74, 6) is -0.367. The second kappa shape index (κ2) is 31.2. The predicted octanol–water partition coefficient (Wildman–Crippen LogP) is 19.3. The van der Waals surface area contributed by atoms with Crippen LogP contribution in [0.2, 0.25) is 0 Å². The van der Waals surface area contributed by atoms with E-state index in [1.165, 1.54) is 139 Å². The van der Waals surface area contributed by atoms with E-state index in [1.54, 1.807) is 11.8 Å². The first-order valence-electron chi connectivity index (χ1n) is 36.0. The molecule has 3 saturated carbocycles. The fourth-order valence-electron chi connectivity index (χ4n) is 13.9. The summed E-state index contributed by atoms with van der Waals surface area (Å²) in [4.78, 5) is 0. The molecular formula is C86H106N5+5. The molecule has 5 aromatic heterocycles. The first-order valence-corrected chi connectivity index (χ1v) is 33.5. The third kappa shape index (κ3) is 16.5. The quantitative estimate of drug-likeness (QED) is 0.135. The molecule has 0 atom stereocenters. The maximum absolute atomic E-state index is 8.87. The normalized spacial score (nSPS) is 15.6. The molecule has 0 N–H and O–H groups in total. The van der Waals surface area contributed by atoms with Crippen LogP contribution < -0.4 is 22.8 Å². The number of nitrogens with zero attached hydrogens (tertiary/aromatic N) is 5. The molecular weight excluding hydrogens is 1100 g/mol. The zero-order valence-electron chi connectivity index (χ0n) is 62.7. The van der Waals surface area contributed by atoms with Gasteiger partial charge >= 0.3 is 0 Å². The summed E-state index contributed by atoms with van der Waals surface area (Å²) in [6.45, 7) is 19.4. The lowest BCUT2D eigenvalue weighted by molar-refractivity contribution is -0.666. The van der Waals surface area contributed by atoms with E-state index in [0.29, 0.717) is 11.1 Å². The van der Waals surface area contributed by atoms with Crippen molar-refractivity contribution in [3.8, 4) is 56.3 Å². The van der Waals surface area contributed by atoms with Gasteiger partial charge < -0.3 is 0 Å². The summed E-state index contributed by atoms with van der Waals surface area (Å²) in [6, 6.07) is 59.7. The monoisotopic (exact) mass is 1210 g/mol. The molecule has 3 aliphatic rings. The number of pyridine rings is 5. The van der Waals surface area contributed by atoms with Crippen LogP contribution in [0.1, 0.15) is 180 Å². The summed E-state index contributed by atoms with van der Waals surface area (Å²) in [6.07, 6.45) is 19.6. The zero-order valence-corrected chi connectivity index (χ0v) is 57.7. The van der Waals surface area contributed by atoms with Crippen LogP contribution in [0.25, 0.3) is 56.3 Å². The average Bonchev–Trinajstić information content (AvgIpc) is 1.30. The van der Waals surface area contributed by atoms with Crippen molar-refractivity contribution < 1.29 is 29.7 Å². The van der Waals surface area contributed by atoms with Crippen molar-refractivity contribution in [3.63, 3.8) is 0 Å². The van der Waals surface area contributed by atoms with Crippen molar-refractivity contribution in [2.45, 2.75) is 171 Å². The summed E-state index contributed by atoms with van der Waals surface area (Å²) >= 11 is 0. The third-order valence-corrected chi connectivity index (χ3v) is 19.5. The molecule has 0 spiro atoms. The van der Waals surface area contributed by atoms with Crippen LogP contribution in [-0.2, 0) is 35.2 Å². The Kier molecular flexibility index (Phi) is 20.7. The lowest BCUT2D eigenvalue weighted by Gasteiger charge is -2.14. The number of hydrogen-bond donors (Lipinski definition) is 0. The molecule has 0 unspecified atom stereocenters. The Morgan fingerprint density at radius 1 is 0.308 bits per heavy atom. The van der Waals surface area contributed by atoms with E-state index < -0.39 is 12.7 Å². The van der Waals surface area contributed by atoms with E-state index >= 15 is 0 Å². The number of rotatable bonds is 8. The Balaban J connectivity index is 0.000000142. The highest BCUT2D eigenvalue weighted by molar-refractivity contribution is 5.65. The second-order valence-electron chi connectivity index (χ2n) is 26.3. The molecule has 3 aliphatic carbocycles. The van der Waals surface area contributed by atoms with Gasteiger partial charge in [0, 0.05) is 108 Å². The molecule has 0 bridgehead atoms. The Labute approximate surface area is 555 Å². The highest BCUT2D eigenvalue weighted by atomic mass is 15.0. The fraction of sp³-hybridized carbons (Fsp3) is 0.360. The van der Waals surface area contributed by atoms with Crippen LogP contribution >= 0.6 is 0 Å². The molecule has 10 aromatic rings. The van der Waals surface area contributed by atoms with Crippen LogP contribution in [0.4, 0.5) is 0 Å². The molecule has 5 heteroatoms. The smallest absolute Gasteiger partial charge is 0.201 e. The maximum atomic E-state index is 8.87. The SMILES string of the molecule is Cc1cc(C)[n+](C)c(-c2ccccc2C)c1.Cc1ccccc1-c1cc(C)c(C2CCCC2)c[n+]1C.Cc1ccccc1-c1cccc(C)[n+]1C.[2H]C([2H])([2H])c1c[n+](C)c(-c2ccccc2C)cc1C1([2H])CCCC1.[2H]C1(c2c[n+](C)c(-c3ccccc3C)cc2C)CCCC1. The van der Waals surface area contributed by atoms with Crippen LogP contribution in [0, 0.1) is 76.1 Å². The third-order valence-electron chi connectivity index (χ3n) is 19.5. The standard InChI is InChI=1S/3C19H24N.C15H18N.C14H16N/c1-14-8-4-7-11-17(14)19-12-18(15(2)13-20(19)3)16-9-5-6-10-16;2*1-14-8-4-7-11-17(14)19-12-15(2)18(13-20(19)3)16-9-5-6-10-16;1-11-9-13(3)16(4)15(10-11)14-8-6-5-7-12(14)2;1-11-7-4-5-9-13(11)14-10-6-8-12(2)15(14)3/h3*4,7-8,11-13,16H,5-6,9-10H2,1-3H3;5-10H,1-4H3;4-10H,1-3H3/q5*+1/i2D3,16D;16D;;;. The number of aromatic nitrogens is 5. The molecule has 0 saturated heterocycles. The Morgan fingerprint density at radius 2 is 0.670 bits per heavy atom. The van der Waals surface area contributed by atoms with Crippen molar-refractivity contribution in [1.82, 2.24) is 0 Å². The van der Waals surface area contributed by atoms with Gasteiger partial charge in [-0.25, -0.2) is 13.7 Å². The van der Waals surface area contributed by atoms with E-state index in [0.717, 1.165) is 61.3 Å². The lowest BCUT2D eigenvalue weighted by Crippen LogP contribution is -2.34. The van der Waals surface area contributed by atoms with Gasteiger partial charge in [-0.3, -0.25) is 0 Å². The molecule has 5 aromatic carbocycles. The highest BCUT2D eigenvalue weighted by Gasteiger charge is 2.27. The number of hydrogen-bond acceptors (Lipinski definition) is 0. The van der Waals surface area contributed by atoms with E-state index in [1.807, 2.05) is 29.8 Å². The van der Waals surface area contributed by atoms with Gasteiger partial charge in [-0.1, -0.05) is 130 Å². The van der Waals surface area contributed by atoms with Crippen molar-refractivity contribution in [1.29, 1.82) is 0 Å². The first kappa shape index (κ1) is 60.4. The van der Waals surface area contributed by atoms with Crippen molar-refractivity contribution in [3.05, 3.63) is 267 Å². The first-order chi connectivity index (χ1) is 45.7. The zero-order chi connectivity index (χ0) is 69.2. The molecule has 5 heterocycles. The summed E-state index contributed by atoms with van der Waals surface area (Å²) in [5.41, 5.74) is 29.2. The Morgan fingerprint density at radius 3 is 1.12 bits per heavy atom. The molecule has 0 radical (unpaired) electrons. The number of benzene rings is 5. The second-order valence-corrected chi connectivity index (χ2v) is 26.3. The van der Waals surface area contributed by atoms with Crippen LogP contribution in [0.3, 0.4) is 0 Å². The lowest BCUT2D eigenvalue weighted by atomic mass is 9.92. The molecule has 3 fully saturated rings. The van der Waals surface area contributed by atoms with Gasteiger partial charge in [0.15, 0.2) is 30.0 Å². The van der Waals surface area contributed by atoms with Gasteiger partial charge in [0.2, 0.25) is 28.5 Å². The summed E-state index contributed by atoms with van der Waals surface area (Å²) in [5, 5.41) is 0. The fourth-order valence-corrected chi connectivity index (χ4v) is 13.9. The number of aryl methyl sites for hydroxylation is 14. The molecule has 5 nitrogen and oxygen atoms in total. The largest absolute Gasteiger partial charge is 0.212 e. The van der Waals surface area contributed by atoms with Crippen molar-refractivity contribution >= 4 is 0 Å². The van der Waals surface area contributed by atoms with Gasteiger partial charge in [0.05, 0.1) is 0 Å². The molecule has 470 valence electrons. The summed E-state index contributed by atoms with van der Waals surface area (Å²) < 4.78 is 52.2. The molecule has 0 aliphatic heterocycles. The minimum Gasteiger partial charge on any atom is -0.201 e. The van der Waals surface area contributed by atoms with Gasteiger partial charge in [-0.15, -0.1) is 0 Å². The van der Waals surface area contributed by atoms with E-state index in [-0.39, 0.29) is 5.89 Å². The van der Waals surface area contributed by atoms with Gasteiger partial charge in [-0.2, -0.15) is 9.13 Å². The highest BCUT2D eigenvalue weighted by Crippen LogP contribution is 2.39.